The first-order chi connectivity index (χ1) is 9.19. The fraction of sp³-hybridized carbons (Fsp3) is 0.600. The van der Waals surface area contributed by atoms with Crippen molar-refractivity contribution in [2.24, 2.45) is 17.6 Å². The highest BCUT2D eigenvalue weighted by atomic mass is 79.9. The van der Waals surface area contributed by atoms with Crippen molar-refractivity contribution in [2.75, 3.05) is 19.6 Å². The summed E-state index contributed by atoms with van der Waals surface area (Å²) in [4.78, 5) is 2.46. The topological polar surface area (TPSA) is 49.5 Å². The third-order valence-electron chi connectivity index (χ3n) is 4.77. The first-order valence-corrected chi connectivity index (χ1v) is 7.86. The van der Waals surface area contributed by atoms with Crippen LogP contribution in [0.3, 0.4) is 0 Å². The zero-order valence-corrected chi connectivity index (χ0v) is 12.6. The van der Waals surface area contributed by atoms with Crippen LogP contribution >= 0.6 is 15.9 Å². The number of fused-ring (bicyclic) bond motifs is 1. The van der Waals surface area contributed by atoms with E-state index in [-0.39, 0.29) is 12.1 Å². The van der Waals surface area contributed by atoms with Crippen molar-refractivity contribution in [3.8, 4) is 0 Å². The molecule has 3 N–H and O–H groups in total. The third-order valence-corrected chi connectivity index (χ3v) is 5.29. The molecule has 2 fully saturated rings. The molecule has 0 amide bonds. The molecule has 0 bridgehead atoms. The smallest absolute Gasteiger partial charge is 0.0583 e. The Labute approximate surface area is 122 Å². The number of hydrogen-bond acceptors (Lipinski definition) is 3. The van der Waals surface area contributed by atoms with E-state index >= 15 is 0 Å². The van der Waals surface area contributed by atoms with Crippen molar-refractivity contribution in [2.45, 2.75) is 25.0 Å². The van der Waals surface area contributed by atoms with Gasteiger partial charge < -0.3 is 10.8 Å². The highest BCUT2D eigenvalue weighted by Gasteiger charge is 2.43. The number of hydrogen-bond donors (Lipinski definition) is 2. The van der Waals surface area contributed by atoms with Crippen molar-refractivity contribution >= 4 is 15.9 Å². The minimum atomic E-state index is -0.0988. The van der Waals surface area contributed by atoms with E-state index in [9.17, 15) is 5.11 Å². The number of nitrogens with two attached hydrogens (primary N) is 1. The summed E-state index contributed by atoms with van der Waals surface area (Å²) in [5.41, 5.74) is 7.27. The monoisotopic (exact) mass is 324 g/mol. The van der Waals surface area contributed by atoms with Gasteiger partial charge in [-0.3, -0.25) is 4.90 Å². The van der Waals surface area contributed by atoms with E-state index in [1.54, 1.807) is 0 Å². The van der Waals surface area contributed by atoms with Gasteiger partial charge in [-0.2, -0.15) is 0 Å². The van der Waals surface area contributed by atoms with Crippen LogP contribution in [0.2, 0.25) is 0 Å². The number of rotatable bonds is 3. The maximum Gasteiger partial charge on any atom is 0.0583 e. The summed E-state index contributed by atoms with van der Waals surface area (Å²) in [6.45, 7) is 2.71. The molecule has 1 saturated carbocycles. The predicted molar refractivity (Wildman–Crippen MR) is 79.7 cm³/mol. The highest BCUT2D eigenvalue weighted by Crippen LogP contribution is 2.41. The van der Waals surface area contributed by atoms with Gasteiger partial charge in [0.2, 0.25) is 0 Å². The Morgan fingerprint density at radius 1 is 1.26 bits per heavy atom. The van der Waals surface area contributed by atoms with Gasteiger partial charge in [0.25, 0.3) is 0 Å². The van der Waals surface area contributed by atoms with Crippen LogP contribution in [0.25, 0.3) is 0 Å². The Morgan fingerprint density at radius 3 is 2.63 bits per heavy atom. The molecule has 2 aliphatic rings. The molecule has 104 valence electrons. The third kappa shape index (κ3) is 2.59. The first-order valence-electron chi connectivity index (χ1n) is 7.06. The molecule has 1 saturated heterocycles. The summed E-state index contributed by atoms with van der Waals surface area (Å²) in [5.74, 6) is 1.13. The molecule has 1 heterocycles. The molecule has 1 aromatic rings. The molecule has 4 unspecified atom stereocenters. The fourth-order valence-corrected chi connectivity index (χ4v) is 3.97. The van der Waals surface area contributed by atoms with Gasteiger partial charge in [-0.05, 0) is 36.5 Å². The second kappa shape index (κ2) is 5.52. The average molecular weight is 325 g/mol. The molecule has 19 heavy (non-hydrogen) atoms. The fourth-order valence-electron chi connectivity index (χ4n) is 3.71. The van der Waals surface area contributed by atoms with Crippen LogP contribution in [0.5, 0.6) is 0 Å². The van der Waals surface area contributed by atoms with E-state index in [1.165, 1.54) is 12.0 Å². The van der Waals surface area contributed by atoms with Crippen molar-refractivity contribution in [1.82, 2.24) is 4.90 Å². The predicted octanol–water partition coefficient (Wildman–Crippen LogP) is 2.15. The van der Waals surface area contributed by atoms with Crippen LogP contribution in [0.4, 0.5) is 0 Å². The number of benzene rings is 1. The van der Waals surface area contributed by atoms with Gasteiger partial charge in [-0.25, -0.2) is 0 Å². The summed E-state index contributed by atoms with van der Waals surface area (Å²) in [5, 5.41) is 10.0. The number of nitrogens with zero attached hydrogens (tertiary/aromatic N) is 1. The maximum absolute atomic E-state index is 10.0. The van der Waals surface area contributed by atoms with Gasteiger partial charge >= 0.3 is 0 Å². The molecule has 0 spiro atoms. The molecule has 1 aliphatic heterocycles. The molecule has 1 aromatic carbocycles. The lowest BCUT2D eigenvalue weighted by molar-refractivity contribution is 0.118. The van der Waals surface area contributed by atoms with Gasteiger partial charge in [-0.15, -0.1) is 0 Å². The minimum Gasteiger partial charge on any atom is -0.393 e. The van der Waals surface area contributed by atoms with Crippen LogP contribution in [0.1, 0.15) is 24.4 Å². The number of aliphatic hydroxyl groups is 1. The number of halogens is 1. The number of likely N-dealkylation sites (tertiary alicyclic amines) is 1. The van der Waals surface area contributed by atoms with Crippen LogP contribution in [-0.4, -0.2) is 35.7 Å². The molecular weight excluding hydrogens is 304 g/mol. The first kappa shape index (κ1) is 13.6. The van der Waals surface area contributed by atoms with Crippen LogP contribution < -0.4 is 5.73 Å². The average Bonchev–Trinajstić information content (AvgIpc) is 2.96. The summed E-state index contributed by atoms with van der Waals surface area (Å²) >= 11 is 3.47. The summed E-state index contributed by atoms with van der Waals surface area (Å²) in [6.07, 6.45) is 2.05. The molecule has 0 aromatic heterocycles. The summed E-state index contributed by atoms with van der Waals surface area (Å²) in [7, 11) is 0. The van der Waals surface area contributed by atoms with Gasteiger partial charge in [0.05, 0.1) is 6.10 Å². The van der Waals surface area contributed by atoms with Crippen molar-refractivity contribution < 1.29 is 5.11 Å². The van der Waals surface area contributed by atoms with E-state index in [4.69, 9.17) is 5.73 Å². The van der Waals surface area contributed by atoms with E-state index in [1.807, 2.05) is 0 Å². The lowest BCUT2D eigenvalue weighted by Crippen LogP contribution is -2.33. The standard InChI is InChI=1S/C15H21BrN2O/c16-12-4-1-10(2-5-12)14(7-17)18-8-11-3-6-15(19)13(11)9-18/h1-2,4-5,11,13-15,19H,3,6-9,17H2. The van der Waals surface area contributed by atoms with Crippen molar-refractivity contribution in [3.63, 3.8) is 0 Å². The van der Waals surface area contributed by atoms with E-state index in [2.05, 4.69) is 45.1 Å². The van der Waals surface area contributed by atoms with Gasteiger partial charge in [0.15, 0.2) is 0 Å². The van der Waals surface area contributed by atoms with E-state index < -0.39 is 0 Å². The normalized spacial score (nSPS) is 32.5. The second-order valence-electron chi connectivity index (χ2n) is 5.83. The zero-order valence-electron chi connectivity index (χ0n) is 11.0. The van der Waals surface area contributed by atoms with Gasteiger partial charge in [0, 0.05) is 36.1 Å². The van der Waals surface area contributed by atoms with E-state index in [0.717, 1.165) is 24.0 Å². The molecule has 4 heteroatoms. The van der Waals surface area contributed by atoms with Crippen molar-refractivity contribution in [3.05, 3.63) is 34.3 Å². The van der Waals surface area contributed by atoms with E-state index in [0.29, 0.717) is 18.4 Å². The van der Waals surface area contributed by atoms with Crippen LogP contribution in [0, 0.1) is 11.8 Å². The maximum atomic E-state index is 10.0. The Balaban J connectivity index is 1.75. The lowest BCUT2D eigenvalue weighted by Gasteiger charge is -2.28. The lowest BCUT2D eigenvalue weighted by atomic mass is 10.00. The Hall–Kier alpha value is -0.420. The Bertz CT molecular complexity index is 436. The molecular formula is C15H21BrN2O. The van der Waals surface area contributed by atoms with Crippen LogP contribution in [0.15, 0.2) is 28.7 Å². The Morgan fingerprint density at radius 2 is 2.00 bits per heavy atom. The molecule has 3 nitrogen and oxygen atoms in total. The van der Waals surface area contributed by atoms with Crippen LogP contribution in [-0.2, 0) is 0 Å². The molecule has 0 radical (unpaired) electrons. The van der Waals surface area contributed by atoms with Gasteiger partial charge in [-0.1, -0.05) is 28.1 Å². The SMILES string of the molecule is NCC(c1ccc(Br)cc1)N1CC2CCC(O)C2C1. The zero-order chi connectivity index (χ0) is 13.4. The molecule has 3 rings (SSSR count). The summed E-state index contributed by atoms with van der Waals surface area (Å²) < 4.78 is 1.10. The largest absolute Gasteiger partial charge is 0.393 e. The minimum absolute atomic E-state index is 0.0988. The molecule has 4 atom stereocenters. The Kier molecular flexibility index (Phi) is 3.94. The number of aliphatic hydroxyl groups excluding tert-OH is 1. The summed E-state index contributed by atoms with van der Waals surface area (Å²) in [6, 6.07) is 8.72. The van der Waals surface area contributed by atoms with Crippen molar-refractivity contribution in [1.29, 1.82) is 0 Å². The second-order valence-corrected chi connectivity index (χ2v) is 6.74. The van der Waals surface area contributed by atoms with Gasteiger partial charge in [0.1, 0.15) is 0 Å². The highest BCUT2D eigenvalue weighted by molar-refractivity contribution is 9.10. The molecule has 1 aliphatic carbocycles. The quantitative estimate of drug-likeness (QED) is 0.895.